The van der Waals surface area contributed by atoms with E-state index >= 15 is 0 Å². The van der Waals surface area contributed by atoms with E-state index in [-0.39, 0.29) is 6.61 Å². The topological polar surface area (TPSA) is 69.7 Å². The van der Waals surface area contributed by atoms with Gasteiger partial charge in [0.1, 0.15) is 0 Å². The maximum absolute atomic E-state index is 10.4. The molecule has 11 heavy (non-hydrogen) atoms. The fraction of sp³-hybridized carbons (Fsp3) is 0.500. The van der Waals surface area contributed by atoms with Crippen LogP contribution in [0.4, 0.5) is 0 Å². The molecule has 0 amide bonds. The van der Waals surface area contributed by atoms with Crippen LogP contribution in [0.2, 0.25) is 0 Å². The van der Waals surface area contributed by atoms with Crippen LogP contribution in [-0.2, 0) is 23.9 Å². The van der Waals surface area contributed by atoms with E-state index in [0.717, 1.165) is 6.92 Å². The Morgan fingerprint density at radius 2 is 1.73 bits per heavy atom. The maximum atomic E-state index is 10.4. The van der Waals surface area contributed by atoms with E-state index in [2.05, 4.69) is 9.47 Å². The molecule has 0 radical (unpaired) electrons. The van der Waals surface area contributed by atoms with E-state index in [1.54, 1.807) is 6.92 Å². The fourth-order valence-electron chi connectivity index (χ4n) is 0.362. The van der Waals surface area contributed by atoms with Crippen LogP contribution >= 0.6 is 0 Å². The van der Waals surface area contributed by atoms with Crippen LogP contribution in [0.3, 0.4) is 0 Å². The summed E-state index contributed by atoms with van der Waals surface area (Å²) in [5.74, 6) is -3.26. The number of hydrogen-bond acceptors (Lipinski definition) is 5. The molecule has 62 valence electrons. The van der Waals surface area contributed by atoms with Gasteiger partial charge in [0.25, 0.3) is 0 Å². The monoisotopic (exact) mass is 160 g/mol. The summed E-state index contributed by atoms with van der Waals surface area (Å²) in [6.07, 6.45) is 0. The lowest BCUT2D eigenvalue weighted by Crippen LogP contribution is -2.22. The van der Waals surface area contributed by atoms with Crippen molar-refractivity contribution in [3.05, 3.63) is 0 Å². The van der Waals surface area contributed by atoms with Crippen molar-refractivity contribution in [3.63, 3.8) is 0 Å². The number of hydrogen-bond donors (Lipinski definition) is 0. The molecule has 0 saturated carbocycles. The zero-order chi connectivity index (χ0) is 8.85. The lowest BCUT2D eigenvalue weighted by atomic mass is 10.6. The van der Waals surface area contributed by atoms with Crippen molar-refractivity contribution in [2.24, 2.45) is 0 Å². The van der Waals surface area contributed by atoms with Gasteiger partial charge in [-0.2, -0.15) is 0 Å². The Balaban J connectivity index is 3.83. The second-order valence-corrected chi connectivity index (χ2v) is 1.60. The molecule has 5 heteroatoms. The smallest absolute Gasteiger partial charge is 0.425 e. The quantitative estimate of drug-likeness (QED) is 0.297. The van der Waals surface area contributed by atoms with Crippen molar-refractivity contribution in [1.29, 1.82) is 0 Å². The molecule has 0 aromatic rings. The Morgan fingerprint density at radius 1 is 1.18 bits per heavy atom. The Morgan fingerprint density at radius 3 is 2.09 bits per heavy atom. The molecule has 0 aliphatic rings. The van der Waals surface area contributed by atoms with Gasteiger partial charge in [0.15, 0.2) is 0 Å². The summed E-state index contributed by atoms with van der Waals surface area (Å²) in [5.41, 5.74) is 0. The molecule has 0 spiro atoms. The second-order valence-electron chi connectivity index (χ2n) is 1.60. The molecule has 0 rings (SSSR count). The van der Waals surface area contributed by atoms with Gasteiger partial charge < -0.3 is 9.47 Å². The summed E-state index contributed by atoms with van der Waals surface area (Å²) < 4.78 is 8.15. The van der Waals surface area contributed by atoms with Gasteiger partial charge in [-0.05, 0) is 6.92 Å². The van der Waals surface area contributed by atoms with E-state index in [1.807, 2.05) is 0 Å². The molecule has 0 aromatic heterocycles. The zero-order valence-corrected chi connectivity index (χ0v) is 6.25. The van der Waals surface area contributed by atoms with Gasteiger partial charge in [-0.3, -0.25) is 4.79 Å². The normalized spacial score (nSPS) is 8.55. The number of rotatable bonds is 1. The lowest BCUT2D eigenvalue weighted by molar-refractivity contribution is -0.172. The van der Waals surface area contributed by atoms with E-state index in [4.69, 9.17) is 0 Å². The third-order valence-corrected chi connectivity index (χ3v) is 0.679. The molecule has 0 aliphatic heterocycles. The van der Waals surface area contributed by atoms with Gasteiger partial charge in [-0.1, -0.05) is 0 Å². The maximum Gasteiger partial charge on any atom is 0.425 e. The SMILES string of the molecule is CCOC(=O)C(=O)OC(C)=O. The first-order valence-electron chi connectivity index (χ1n) is 2.97. The highest BCUT2D eigenvalue weighted by Crippen LogP contribution is 1.84. The Bertz CT molecular complexity index is 183. The van der Waals surface area contributed by atoms with E-state index in [0.29, 0.717) is 0 Å². The summed E-state index contributed by atoms with van der Waals surface area (Å²) in [7, 11) is 0. The number of carbonyl (C=O) groups is 3. The standard InChI is InChI=1S/C6H8O5/c1-3-10-5(8)6(9)11-4(2)7/h3H2,1-2H3. The van der Waals surface area contributed by atoms with Crippen LogP contribution in [0.5, 0.6) is 0 Å². The minimum Gasteiger partial charge on any atom is -0.458 e. The third-order valence-electron chi connectivity index (χ3n) is 0.679. The molecule has 0 atom stereocenters. The summed E-state index contributed by atoms with van der Waals surface area (Å²) >= 11 is 0. The molecule has 0 N–H and O–H groups in total. The first kappa shape index (κ1) is 9.61. The van der Waals surface area contributed by atoms with E-state index < -0.39 is 17.9 Å². The van der Waals surface area contributed by atoms with Crippen molar-refractivity contribution >= 4 is 17.9 Å². The minimum absolute atomic E-state index is 0.0752. The summed E-state index contributed by atoms with van der Waals surface area (Å²) in [6.45, 7) is 2.64. The van der Waals surface area contributed by atoms with Crippen molar-refractivity contribution in [3.8, 4) is 0 Å². The molecule has 0 unspecified atom stereocenters. The number of carbonyl (C=O) groups excluding carboxylic acids is 3. The average Bonchev–Trinajstić information content (AvgIpc) is 1.86. The van der Waals surface area contributed by atoms with Crippen LogP contribution in [0, 0.1) is 0 Å². The van der Waals surface area contributed by atoms with Crippen molar-refractivity contribution in [2.75, 3.05) is 6.61 Å². The van der Waals surface area contributed by atoms with Crippen molar-refractivity contribution < 1.29 is 23.9 Å². The van der Waals surface area contributed by atoms with Gasteiger partial charge in [0.2, 0.25) is 0 Å². The molecular weight excluding hydrogens is 152 g/mol. The molecule has 5 nitrogen and oxygen atoms in total. The highest BCUT2D eigenvalue weighted by atomic mass is 16.6. The van der Waals surface area contributed by atoms with Crippen LogP contribution in [-0.4, -0.2) is 24.5 Å². The van der Waals surface area contributed by atoms with Crippen LogP contribution in [0.1, 0.15) is 13.8 Å². The predicted molar refractivity (Wildman–Crippen MR) is 33.4 cm³/mol. The largest absolute Gasteiger partial charge is 0.458 e. The van der Waals surface area contributed by atoms with E-state index in [1.165, 1.54) is 0 Å². The summed E-state index contributed by atoms with van der Waals surface area (Å²) in [5, 5.41) is 0. The molecule has 0 heterocycles. The molecule has 0 aliphatic carbocycles. The Labute approximate surface area is 63.3 Å². The summed E-state index contributed by atoms with van der Waals surface area (Å²) in [4.78, 5) is 31.0. The molecule has 0 saturated heterocycles. The second kappa shape index (κ2) is 4.43. The number of ether oxygens (including phenoxy) is 2. The van der Waals surface area contributed by atoms with Crippen LogP contribution in [0.25, 0.3) is 0 Å². The Hall–Kier alpha value is -1.39. The highest BCUT2D eigenvalue weighted by molar-refractivity contribution is 6.31. The predicted octanol–water partition coefficient (Wildman–Crippen LogP) is -0.361. The van der Waals surface area contributed by atoms with Gasteiger partial charge in [0.05, 0.1) is 6.61 Å². The van der Waals surface area contributed by atoms with Crippen LogP contribution < -0.4 is 0 Å². The molecule has 0 fully saturated rings. The van der Waals surface area contributed by atoms with Gasteiger partial charge in [0, 0.05) is 6.92 Å². The van der Waals surface area contributed by atoms with Gasteiger partial charge >= 0.3 is 17.9 Å². The first-order valence-corrected chi connectivity index (χ1v) is 2.97. The minimum atomic E-state index is -1.28. The first-order chi connectivity index (χ1) is 5.07. The third kappa shape index (κ3) is 4.07. The Kier molecular flexibility index (Phi) is 3.87. The zero-order valence-electron chi connectivity index (χ0n) is 6.25. The molecule has 0 aromatic carbocycles. The number of esters is 3. The highest BCUT2D eigenvalue weighted by Gasteiger charge is 2.18. The lowest BCUT2D eigenvalue weighted by Gasteiger charge is -1.98. The van der Waals surface area contributed by atoms with E-state index in [9.17, 15) is 14.4 Å². The summed E-state index contributed by atoms with van der Waals surface area (Å²) in [6, 6.07) is 0. The van der Waals surface area contributed by atoms with Crippen molar-refractivity contribution in [1.82, 2.24) is 0 Å². The van der Waals surface area contributed by atoms with Gasteiger partial charge in [-0.15, -0.1) is 0 Å². The van der Waals surface area contributed by atoms with Crippen LogP contribution in [0.15, 0.2) is 0 Å². The fourth-order valence-corrected chi connectivity index (χ4v) is 0.362. The van der Waals surface area contributed by atoms with Crippen molar-refractivity contribution in [2.45, 2.75) is 13.8 Å². The van der Waals surface area contributed by atoms with Gasteiger partial charge in [-0.25, -0.2) is 9.59 Å². The molecular formula is C6H8O5. The molecule has 0 bridgehead atoms. The average molecular weight is 160 g/mol.